The lowest BCUT2D eigenvalue weighted by Gasteiger charge is -2.59. The number of thiazole rings is 1. The highest BCUT2D eigenvalue weighted by Crippen LogP contribution is 2.61. The molecule has 1 heterocycles. The Labute approximate surface area is 126 Å². The van der Waals surface area contributed by atoms with Crippen molar-refractivity contribution in [2.45, 2.75) is 57.9 Å². The van der Waals surface area contributed by atoms with E-state index in [1.807, 2.05) is 6.20 Å². The van der Waals surface area contributed by atoms with Gasteiger partial charge >= 0.3 is 0 Å². The molecule has 0 spiro atoms. The molecule has 0 aliphatic heterocycles. The SMILES string of the molecule is CC(NCCc1nccs1)C12CC3CC(CC(C3)C1)C2. The van der Waals surface area contributed by atoms with Gasteiger partial charge in [0, 0.05) is 30.6 Å². The van der Waals surface area contributed by atoms with Gasteiger partial charge in [0.1, 0.15) is 0 Å². The summed E-state index contributed by atoms with van der Waals surface area (Å²) in [6, 6.07) is 0.691. The first kappa shape index (κ1) is 13.3. The zero-order valence-corrected chi connectivity index (χ0v) is 13.3. The molecule has 3 heteroatoms. The second-order valence-corrected chi connectivity index (χ2v) is 8.61. The normalized spacial score (nSPS) is 40.1. The Morgan fingerprint density at radius 2 is 1.90 bits per heavy atom. The Hall–Kier alpha value is -0.410. The summed E-state index contributed by atoms with van der Waals surface area (Å²) in [6.07, 6.45) is 12.2. The maximum absolute atomic E-state index is 4.38. The topological polar surface area (TPSA) is 24.9 Å². The fraction of sp³-hybridized carbons (Fsp3) is 0.824. The number of hydrogen-bond acceptors (Lipinski definition) is 3. The van der Waals surface area contributed by atoms with E-state index in [1.54, 1.807) is 30.6 Å². The first-order chi connectivity index (χ1) is 9.73. The third-order valence-corrected chi connectivity index (χ3v) is 7.12. The van der Waals surface area contributed by atoms with Crippen molar-refractivity contribution in [1.29, 1.82) is 0 Å². The van der Waals surface area contributed by atoms with Gasteiger partial charge in [0.05, 0.1) is 5.01 Å². The van der Waals surface area contributed by atoms with E-state index in [4.69, 9.17) is 0 Å². The van der Waals surface area contributed by atoms with Crippen molar-refractivity contribution in [3.05, 3.63) is 16.6 Å². The Kier molecular flexibility index (Phi) is 3.38. The minimum Gasteiger partial charge on any atom is -0.313 e. The van der Waals surface area contributed by atoms with Gasteiger partial charge in [0.15, 0.2) is 0 Å². The van der Waals surface area contributed by atoms with E-state index >= 15 is 0 Å². The lowest BCUT2D eigenvalue weighted by atomic mass is 9.48. The molecule has 110 valence electrons. The van der Waals surface area contributed by atoms with Crippen molar-refractivity contribution in [3.63, 3.8) is 0 Å². The van der Waals surface area contributed by atoms with Crippen LogP contribution in [0.1, 0.15) is 50.5 Å². The molecule has 4 aliphatic carbocycles. The van der Waals surface area contributed by atoms with Gasteiger partial charge in [-0.1, -0.05) is 0 Å². The monoisotopic (exact) mass is 290 g/mol. The highest BCUT2D eigenvalue weighted by Gasteiger charge is 2.52. The van der Waals surface area contributed by atoms with Gasteiger partial charge in [-0.2, -0.15) is 0 Å². The molecule has 0 aromatic carbocycles. The van der Waals surface area contributed by atoms with Crippen molar-refractivity contribution in [2.75, 3.05) is 6.54 Å². The van der Waals surface area contributed by atoms with Crippen molar-refractivity contribution in [2.24, 2.45) is 23.2 Å². The maximum atomic E-state index is 4.38. The Morgan fingerprint density at radius 1 is 1.25 bits per heavy atom. The van der Waals surface area contributed by atoms with Crippen LogP contribution in [0.5, 0.6) is 0 Å². The standard InChI is InChI=1S/C17H26N2S/c1-12(18-3-2-16-19-4-5-20-16)17-9-13-6-14(10-17)8-15(7-13)11-17/h4-5,12-15,18H,2-3,6-11H2,1H3. The van der Waals surface area contributed by atoms with Crippen LogP contribution in [0.3, 0.4) is 0 Å². The summed E-state index contributed by atoms with van der Waals surface area (Å²) >= 11 is 1.78. The second-order valence-electron chi connectivity index (χ2n) is 7.63. The molecule has 1 aromatic heterocycles. The molecule has 0 radical (unpaired) electrons. The van der Waals surface area contributed by atoms with Gasteiger partial charge in [-0.3, -0.25) is 0 Å². The van der Waals surface area contributed by atoms with E-state index in [9.17, 15) is 0 Å². The highest BCUT2D eigenvalue weighted by atomic mass is 32.1. The molecule has 4 saturated carbocycles. The molecule has 1 N–H and O–H groups in total. The molecule has 0 amide bonds. The Bertz CT molecular complexity index is 418. The second kappa shape index (κ2) is 5.10. The fourth-order valence-electron chi connectivity index (χ4n) is 5.70. The van der Waals surface area contributed by atoms with Gasteiger partial charge in [-0.15, -0.1) is 11.3 Å². The summed E-state index contributed by atoms with van der Waals surface area (Å²) in [5.41, 5.74) is 0.637. The first-order valence-corrected chi connectivity index (χ1v) is 9.23. The van der Waals surface area contributed by atoms with Crippen LogP contribution in [0.25, 0.3) is 0 Å². The first-order valence-electron chi connectivity index (χ1n) is 8.35. The van der Waals surface area contributed by atoms with Crippen LogP contribution in [0.15, 0.2) is 11.6 Å². The lowest BCUT2D eigenvalue weighted by Crippen LogP contribution is -2.55. The predicted molar refractivity (Wildman–Crippen MR) is 83.9 cm³/mol. The van der Waals surface area contributed by atoms with Crippen LogP contribution >= 0.6 is 11.3 Å². The number of aromatic nitrogens is 1. The van der Waals surface area contributed by atoms with Gasteiger partial charge in [-0.25, -0.2) is 4.98 Å². The molecule has 4 fully saturated rings. The molecule has 1 unspecified atom stereocenters. The van der Waals surface area contributed by atoms with Crippen LogP contribution < -0.4 is 5.32 Å². The van der Waals surface area contributed by atoms with Crippen LogP contribution in [-0.4, -0.2) is 17.6 Å². The Morgan fingerprint density at radius 3 is 2.45 bits per heavy atom. The van der Waals surface area contributed by atoms with Gasteiger partial charge < -0.3 is 5.32 Å². The molecule has 0 saturated heterocycles. The van der Waals surface area contributed by atoms with E-state index in [0.29, 0.717) is 11.5 Å². The molecular formula is C17H26N2S. The van der Waals surface area contributed by atoms with Gasteiger partial charge in [0.2, 0.25) is 0 Å². The molecule has 5 rings (SSSR count). The minimum absolute atomic E-state index is 0.637. The van der Waals surface area contributed by atoms with Crippen LogP contribution in [0, 0.1) is 23.2 Å². The highest BCUT2D eigenvalue weighted by molar-refractivity contribution is 7.09. The molecule has 1 atom stereocenters. The Balaban J connectivity index is 1.37. The van der Waals surface area contributed by atoms with Crippen LogP contribution in [0.4, 0.5) is 0 Å². The number of hydrogen-bond donors (Lipinski definition) is 1. The predicted octanol–water partition coefficient (Wildman–Crippen LogP) is 3.88. The number of nitrogens with zero attached hydrogens (tertiary/aromatic N) is 1. The number of nitrogens with one attached hydrogen (secondary N) is 1. The van der Waals surface area contributed by atoms with Crippen LogP contribution in [0.2, 0.25) is 0 Å². The van der Waals surface area contributed by atoms with E-state index in [-0.39, 0.29) is 0 Å². The zero-order valence-electron chi connectivity index (χ0n) is 12.5. The molecule has 1 aromatic rings. The lowest BCUT2D eigenvalue weighted by molar-refractivity contribution is -0.0702. The third kappa shape index (κ3) is 2.33. The van der Waals surface area contributed by atoms with Crippen molar-refractivity contribution >= 4 is 11.3 Å². The fourth-order valence-corrected chi connectivity index (χ4v) is 6.32. The molecular weight excluding hydrogens is 264 g/mol. The smallest absolute Gasteiger partial charge is 0.0937 e. The average Bonchev–Trinajstić information content (AvgIpc) is 2.90. The summed E-state index contributed by atoms with van der Waals surface area (Å²) in [4.78, 5) is 4.38. The van der Waals surface area contributed by atoms with Gasteiger partial charge in [0.25, 0.3) is 0 Å². The van der Waals surface area contributed by atoms with Crippen molar-refractivity contribution < 1.29 is 0 Å². The molecule has 20 heavy (non-hydrogen) atoms. The van der Waals surface area contributed by atoms with E-state index in [0.717, 1.165) is 30.7 Å². The number of rotatable bonds is 5. The van der Waals surface area contributed by atoms with Gasteiger partial charge in [-0.05, 0) is 68.6 Å². The third-order valence-electron chi connectivity index (χ3n) is 6.28. The maximum Gasteiger partial charge on any atom is 0.0937 e. The summed E-state index contributed by atoms with van der Waals surface area (Å²) in [7, 11) is 0. The zero-order chi connectivity index (χ0) is 13.6. The molecule has 2 nitrogen and oxygen atoms in total. The summed E-state index contributed by atoms with van der Waals surface area (Å²) in [5, 5.41) is 7.20. The van der Waals surface area contributed by atoms with E-state index in [1.165, 1.54) is 24.3 Å². The van der Waals surface area contributed by atoms with Crippen molar-refractivity contribution in [3.8, 4) is 0 Å². The summed E-state index contributed by atoms with van der Waals surface area (Å²) in [5.74, 6) is 3.18. The van der Waals surface area contributed by atoms with E-state index in [2.05, 4.69) is 22.6 Å². The van der Waals surface area contributed by atoms with Crippen molar-refractivity contribution in [1.82, 2.24) is 10.3 Å². The largest absolute Gasteiger partial charge is 0.313 e. The molecule has 4 bridgehead atoms. The van der Waals surface area contributed by atoms with Crippen LogP contribution in [-0.2, 0) is 6.42 Å². The summed E-state index contributed by atoms with van der Waals surface area (Å²) in [6.45, 7) is 3.55. The quantitative estimate of drug-likeness (QED) is 0.890. The average molecular weight is 290 g/mol. The summed E-state index contributed by atoms with van der Waals surface area (Å²) < 4.78 is 0. The van der Waals surface area contributed by atoms with E-state index < -0.39 is 0 Å². The minimum atomic E-state index is 0.637. The molecule has 4 aliphatic rings.